The van der Waals surface area contributed by atoms with E-state index in [4.69, 9.17) is 0 Å². The van der Waals surface area contributed by atoms with Gasteiger partial charge in [-0.15, -0.1) is 0 Å². The molecule has 0 N–H and O–H groups in total. The van der Waals surface area contributed by atoms with Crippen LogP contribution in [-0.4, -0.2) is 29.5 Å². The van der Waals surface area contributed by atoms with E-state index < -0.39 is 5.41 Å². The van der Waals surface area contributed by atoms with E-state index in [9.17, 15) is 14.4 Å². The second-order valence-electron chi connectivity index (χ2n) is 7.35. The van der Waals surface area contributed by atoms with Crippen LogP contribution in [0.2, 0.25) is 0 Å². The zero-order valence-corrected chi connectivity index (χ0v) is 15.8. The SMILES string of the molecule is CN1C(=O)c2ccccc2C2(C=CC(=O)c3ccc(-c4ccccc4)cc32)C1=O. The lowest BCUT2D eigenvalue weighted by Crippen LogP contribution is -2.53. The standard InChI is InChI=1S/C25H17NO3/c1-26-23(28)19-9-5-6-10-20(19)25(24(26)29)14-13-22(27)18-12-11-17(15-21(18)25)16-7-3-2-4-8-16/h2-15H,1H3. The number of carbonyl (C=O) groups is 3. The smallest absolute Gasteiger partial charge is 0.260 e. The van der Waals surface area contributed by atoms with E-state index in [1.54, 1.807) is 30.3 Å². The van der Waals surface area contributed by atoms with Crippen LogP contribution in [0.1, 0.15) is 31.8 Å². The van der Waals surface area contributed by atoms with Gasteiger partial charge in [0.05, 0.1) is 0 Å². The summed E-state index contributed by atoms with van der Waals surface area (Å²) in [7, 11) is 1.49. The molecule has 4 nitrogen and oxygen atoms in total. The number of imide groups is 1. The van der Waals surface area contributed by atoms with Gasteiger partial charge in [0, 0.05) is 18.2 Å². The first-order valence-electron chi connectivity index (χ1n) is 9.39. The highest BCUT2D eigenvalue weighted by atomic mass is 16.2. The van der Waals surface area contributed by atoms with Crippen LogP contribution >= 0.6 is 0 Å². The van der Waals surface area contributed by atoms with Gasteiger partial charge in [0.15, 0.2) is 5.78 Å². The topological polar surface area (TPSA) is 54.5 Å². The number of hydrogen-bond acceptors (Lipinski definition) is 3. The lowest BCUT2D eigenvalue weighted by molar-refractivity contribution is -0.131. The van der Waals surface area contributed by atoms with Crippen LogP contribution in [0.5, 0.6) is 0 Å². The molecule has 29 heavy (non-hydrogen) atoms. The Morgan fingerprint density at radius 3 is 2.24 bits per heavy atom. The van der Waals surface area contributed by atoms with Crippen molar-refractivity contribution in [3.8, 4) is 11.1 Å². The number of ketones is 1. The Bertz CT molecular complexity index is 1230. The molecule has 3 aromatic rings. The molecule has 1 aliphatic carbocycles. The van der Waals surface area contributed by atoms with E-state index in [2.05, 4.69) is 0 Å². The van der Waals surface area contributed by atoms with E-state index in [-0.39, 0.29) is 17.6 Å². The summed E-state index contributed by atoms with van der Waals surface area (Å²) in [6.45, 7) is 0. The Kier molecular flexibility index (Phi) is 3.65. The molecule has 0 bridgehead atoms. The van der Waals surface area contributed by atoms with Crippen LogP contribution in [0.3, 0.4) is 0 Å². The number of fused-ring (bicyclic) bond motifs is 4. The number of hydrogen-bond donors (Lipinski definition) is 0. The van der Waals surface area contributed by atoms with Crippen molar-refractivity contribution in [2.24, 2.45) is 0 Å². The maximum Gasteiger partial charge on any atom is 0.260 e. The summed E-state index contributed by atoms with van der Waals surface area (Å²) in [5.74, 6) is -0.825. The lowest BCUT2D eigenvalue weighted by atomic mass is 9.65. The van der Waals surface area contributed by atoms with Crippen molar-refractivity contribution < 1.29 is 14.4 Å². The maximum absolute atomic E-state index is 13.5. The predicted molar refractivity (Wildman–Crippen MR) is 110 cm³/mol. The highest BCUT2D eigenvalue weighted by Crippen LogP contribution is 2.45. The molecule has 0 aromatic heterocycles. The number of carbonyl (C=O) groups excluding carboxylic acids is 3. The Morgan fingerprint density at radius 1 is 0.724 bits per heavy atom. The van der Waals surface area contributed by atoms with Crippen molar-refractivity contribution in [2.75, 3.05) is 7.05 Å². The summed E-state index contributed by atoms with van der Waals surface area (Å²) in [6.07, 6.45) is 3.10. The highest BCUT2D eigenvalue weighted by molar-refractivity contribution is 6.19. The summed E-state index contributed by atoms with van der Waals surface area (Å²) in [6, 6.07) is 22.5. The Hall–Kier alpha value is -3.79. The Labute approximate surface area is 168 Å². The zero-order valence-electron chi connectivity index (χ0n) is 15.8. The van der Waals surface area contributed by atoms with Gasteiger partial charge >= 0.3 is 0 Å². The first kappa shape index (κ1) is 17.3. The molecule has 2 aliphatic rings. The third-order valence-corrected chi connectivity index (χ3v) is 5.83. The van der Waals surface area contributed by atoms with E-state index >= 15 is 0 Å². The quantitative estimate of drug-likeness (QED) is 0.601. The number of nitrogens with zero attached hydrogens (tertiary/aromatic N) is 1. The number of likely N-dealkylation sites (N-methyl/N-ethyl adjacent to an activating group) is 1. The van der Waals surface area contributed by atoms with Crippen molar-refractivity contribution in [2.45, 2.75) is 5.41 Å². The third kappa shape index (κ3) is 2.29. The molecule has 0 fully saturated rings. The highest BCUT2D eigenvalue weighted by Gasteiger charge is 2.51. The summed E-state index contributed by atoms with van der Waals surface area (Å²) in [4.78, 5) is 40.1. The van der Waals surface area contributed by atoms with Crippen LogP contribution in [0.15, 0.2) is 84.9 Å². The van der Waals surface area contributed by atoms with Gasteiger partial charge in [-0.05, 0) is 40.5 Å². The van der Waals surface area contributed by atoms with Crippen molar-refractivity contribution in [3.63, 3.8) is 0 Å². The molecular weight excluding hydrogens is 362 g/mol. The molecule has 1 aliphatic heterocycles. The first-order valence-corrected chi connectivity index (χ1v) is 9.39. The molecule has 1 atom stereocenters. The third-order valence-electron chi connectivity index (χ3n) is 5.83. The zero-order chi connectivity index (χ0) is 20.2. The predicted octanol–water partition coefficient (Wildman–Crippen LogP) is 4.00. The van der Waals surface area contributed by atoms with Crippen LogP contribution in [-0.2, 0) is 10.2 Å². The van der Waals surface area contributed by atoms with Crippen molar-refractivity contribution in [3.05, 3.63) is 107 Å². The fraction of sp³-hybridized carbons (Fsp3) is 0.0800. The molecular formula is C25H17NO3. The lowest BCUT2D eigenvalue weighted by Gasteiger charge is -2.41. The van der Waals surface area contributed by atoms with Crippen LogP contribution in [0, 0.1) is 0 Å². The number of rotatable bonds is 1. The molecule has 0 saturated carbocycles. The molecule has 2 amide bonds. The second-order valence-corrected chi connectivity index (χ2v) is 7.35. The van der Waals surface area contributed by atoms with Crippen LogP contribution < -0.4 is 0 Å². The van der Waals surface area contributed by atoms with Gasteiger partial charge in [-0.1, -0.05) is 66.7 Å². The fourth-order valence-corrected chi connectivity index (χ4v) is 4.36. The van der Waals surface area contributed by atoms with Gasteiger partial charge in [0.25, 0.3) is 5.91 Å². The largest absolute Gasteiger partial charge is 0.289 e. The number of amides is 2. The molecule has 5 rings (SSSR count). The average Bonchev–Trinajstić information content (AvgIpc) is 2.78. The first-order chi connectivity index (χ1) is 14.0. The number of allylic oxidation sites excluding steroid dienone is 1. The molecule has 1 spiro atoms. The minimum absolute atomic E-state index is 0.143. The van der Waals surface area contributed by atoms with Gasteiger partial charge < -0.3 is 0 Å². The Balaban J connectivity index is 1.85. The fourth-order valence-electron chi connectivity index (χ4n) is 4.36. The normalized spacial score (nSPS) is 20.0. The van der Waals surface area contributed by atoms with Crippen molar-refractivity contribution >= 4 is 17.6 Å². The van der Waals surface area contributed by atoms with E-state index in [1.807, 2.05) is 48.5 Å². The van der Waals surface area contributed by atoms with Gasteiger partial charge in [-0.3, -0.25) is 19.3 Å². The van der Waals surface area contributed by atoms with Gasteiger partial charge in [-0.2, -0.15) is 0 Å². The monoisotopic (exact) mass is 379 g/mol. The van der Waals surface area contributed by atoms with Crippen LogP contribution in [0.4, 0.5) is 0 Å². The maximum atomic E-state index is 13.5. The van der Waals surface area contributed by atoms with E-state index in [1.165, 1.54) is 13.1 Å². The molecule has 3 aromatic carbocycles. The Morgan fingerprint density at radius 2 is 1.45 bits per heavy atom. The molecule has 140 valence electrons. The summed E-state index contributed by atoms with van der Waals surface area (Å²) in [5.41, 5.74) is 2.90. The van der Waals surface area contributed by atoms with E-state index in [0.717, 1.165) is 16.0 Å². The molecule has 4 heteroatoms. The molecule has 0 saturated heterocycles. The molecule has 0 radical (unpaired) electrons. The molecule has 1 heterocycles. The average molecular weight is 379 g/mol. The second kappa shape index (κ2) is 6.11. The van der Waals surface area contributed by atoms with Gasteiger partial charge in [0.1, 0.15) is 5.41 Å². The van der Waals surface area contributed by atoms with Crippen molar-refractivity contribution in [1.82, 2.24) is 4.90 Å². The summed E-state index contributed by atoms with van der Waals surface area (Å²) < 4.78 is 0. The summed E-state index contributed by atoms with van der Waals surface area (Å²) >= 11 is 0. The summed E-state index contributed by atoms with van der Waals surface area (Å²) in [5, 5.41) is 0. The van der Waals surface area contributed by atoms with E-state index in [0.29, 0.717) is 22.3 Å². The van der Waals surface area contributed by atoms with Gasteiger partial charge in [-0.25, -0.2) is 0 Å². The minimum atomic E-state index is -1.20. The minimum Gasteiger partial charge on any atom is -0.289 e. The molecule has 1 unspecified atom stereocenters. The van der Waals surface area contributed by atoms with Crippen molar-refractivity contribution in [1.29, 1.82) is 0 Å². The van der Waals surface area contributed by atoms with Crippen LogP contribution in [0.25, 0.3) is 11.1 Å². The number of benzene rings is 3. The van der Waals surface area contributed by atoms with Gasteiger partial charge in [0.2, 0.25) is 5.91 Å².